The first-order valence-electron chi connectivity index (χ1n) is 6.48. The molecule has 1 aliphatic heterocycles. The van der Waals surface area contributed by atoms with Gasteiger partial charge in [-0.15, -0.1) is 0 Å². The van der Waals surface area contributed by atoms with Gasteiger partial charge in [0.15, 0.2) is 0 Å². The quantitative estimate of drug-likeness (QED) is 0.763. The van der Waals surface area contributed by atoms with Crippen molar-refractivity contribution >= 4 is 11.8 Å². The lowest BCUT2D eigenvalue weighted by Crippen LogP contribution is -2.36. The zero-order valence-corrected chi connectivity index (χ0v) is 11.7. The lowest BCUT2D eigenvalue weighted by Gasteiger charge is -2.27. The molecule has 0 saturated carbocycles. The van der Waals surface area contributed by atoms with E-state index in [1.54, 1.807) is 12.3 Å². The predicted molar refractivity (Wildman–Crippen MR) is 72.4 cm³/mol. The van der Waals surface area contributed by atoms with Gasteiger partial charge in [-0.05, 0) is 32.9 Å². The standard InChI is InChI=1S/C14H20N2O3/c1-14(2,3)19-13(17)11-4-5-12(15-10-11)16-6-8-18-9-7-16/h4-5,10H,6-9H2,1-3H3. The largest absolute Gasteiger partial charge is 0.456 e. The molecule has 0 atom stereocenters. The molecule has 1 aromatic heterocycles. The molecule has 0 aliphatic carbocycles. The van der Waals surface area contributed by atoms with Crippen LogP contribution in [-0.2, 0) is 9.47 Å². The Kier molecular flexibility index (Phi) is 4.04. The van der Waals surface area contributed by atoms with Gasteiger partial charge in [0.1, 0.15) is 11.4 Å². The molecule has 19 heavy (non-hydrogen) atoms. The highest BCUT2D eigenvalue weighted by Crippen LogP contribution is 2.15. The maximum Gasteiger partial charge on any atom is 0.340 e. The van der Waals surface area contributed by atoms with Gasteiger partial charge < -0.3 is 14.4 Å². The van der Waals surface area contributed by atoms with Crippen LogP contribution in [0.5, 0.6) is 0 Å². The number of carbonyl (C=O) groups excluding carboxylic acids is 1. The molecule has 1 aliphatic rings. The van der Waals surface area contributed by atoms with Crippen molar-refractivity contribution in [1.29, 1.82) is 0 Å². The van der Waals surface area contributed by atoms with E-state index in [0.717, 1.165) is 32.1 Å². The van der Waals surface area contributed by atoms with E-state index in [4.69, 9.17) is 9.47 Å². The van der Waals surface area contributed by atoms with Crippen LogP contribution in [0.2, 0.25) is 0 Å². The van der Waals surface area contributed by atoms with Crippen LogP contribution in [0, 0.1) is 0 Å². The summed E-state index contributed by atoms with van der Waals surface area (Å²) in [7, 11) is 0. The SMILES string of the molecule is CC(C)(C)OC(=O)c1ccc(N2CCOCC2)nc1. The highest BCUT2D eigenvalue weighted by molar-refractivity contribution is 5.89. The van der Waals surface area contributed by atoms with Crippen LogP contribution >= 0.6 is 0 Å². The fraction of sp³-hybridized carbons (Fsp3) is 0.571. The van der Waals surface area contributed by atoms with Gasteiger partial charge in [-0.2, -0.15) is 0 Å². The predicted octanol–water partition coefficient (Wildman–Crippen LogP) is 1.87. The van der Waals surface area contributed by atoms with Crippen LogP contribution in [0.1, 0.15) is 31.1 Å². The van der Waals surface area contributed by atoms with E-state index in [2.05, 4.69) is 9.88 Å². The van der Waals surface area contributed by atoms with Crippen LogP contribution in [0.25, 0.3) is 0 Å². The zero-order chi connectivity index (χ0) is 13.9. The van der Waals surface area contributed by atoms with Crippen molar-refractivity contribution in [2.45, 2.75) is 26.4 Å². The van der Waals surface area contributed by atoms with E-state index >= 15 is 0 Å². The fourth-order valence-corrected chi connectivity index (χ4v) is 1.82. The Hall–Kier alpha value is -1.62. The number of rotatable bonds is 2. The number of ether oxygens (including phenoxy) is 2. The number of carbonyl (C=O) groups is 1. The molecule has 5 nitrogen and oxygen atoms in total. The number of aromatic nitrogens is 1. The summed E-state index contributed by atoms with van der Waals surface area (Å²) >= 11 is 0. The Morgan fingerprint density at radius 2 is 2.00 bits per heavy atom. The maximum atomic E-state index is 11.9. The van der Waals surface area contributed by atoms with Crippen molar-refractivity contribution in [3.8, 4) is 0 Å². The molecule has 0 unspecified atom stereocenters. The van der Waals surface area contributed by atoms with Gasteiger partial charge in [0.2, 0.25) is 0 Å². The molecule has 1 fully saturated rings. The number of hydrogen-bond donors (Lipinski definition) is 0. The van der Waals surface area contributed by atoms with E-state index in [0.29, 0.717) is 5.56 Å². The third-order valence-corrected chi connectivity index (χ3v) is 2.72. The van der Waals surface area contributed by atoms with Crippen molar-refractivity contribution < 1.29 is 14.3 Å². The topological polar surface area (TPSA) is 51.7 Å². The van der Waals surface area contributed by atoms with Gasteiger partial charge in [-0.1, -0.05) is 0 Å². The molecule has 1 aromatic rings. The molecular weight excluding hydrogens is 244 g/mol. The van der Waals surface area contributed by atoms with Crippen LogP contribution in [0.3, 0.4) is 0 Å². The van der Waals surface area contributed by atoms with Crippen molar-refractivity contribution in [3.05, 3.63) is 23.9 Å². The molecular formula is C14H20N2O3. The number of pyridine rings is 1. The molecule has 5 heteroatoms. The summed E-state index contributed by atoms with van der Waals surface area (Å²) in [6, 6.07) is 3.61. The first-order valence-corrected chi connectivity index (χ1v) is 6.48. The summed E-state index contributed by atoms with van der Waals surface area (Å²) in [4.78, 5) is 18.3. The monoisotopic (exact) mass is 264 g/mol. The zero-order valence-electron chi connectivity index (χ0n) is 11.7. The van der Waals surface area contributed by atoms with Gasteiger partial charge in [0.05, 0.1) is 18.8 Å². The van der Waals surface area contributed by atoms with E-state index in [1.165, 1.54) is 0 Å². The van der Waals surface area contributed by atoms with Crippen molar-refractivity contribution in [2.24, 2.45) is 0 Å². The molecule has 0 N–H and O–H groups in total. The van der Waals surface area contributed by atoms with E-state index in [-0.39, 0.29) is 5.97 Å². The average Bonchev–Trinajstić information content (AvgIpc) is 2.38. The lowest BCUT2D eigenvalue weighted by molar-refractivity contribution is 0.00691. The van der Waals surface area contributed by atoms with Crippen LogP contribution in [-0.4, -0.2) is 42.9 Å². The summed E-state index contributed by atoms with van der Waals surface area (Å²) < 4.78 is 10.6. The first-order chi connectivity index (χ1) is 8.96. The summed E-state index contributed by atoms with van der Waals surface area (Å²) in [6.45, 7) is 8.64. The van der Waals surface area contributed by atoms with E-state index in [1.807, 2.05) is 26.8 Å². The minimum absolute atomic E-state index is 0.339. The van der Waals surface area contributed by atoms with Gasteiger partial charge in [0, 0.05) is 19.3 Å². The molecule has 104 valence electrons. The highest BCUT2D eigenvalue weighted by Gasteiger charge is 2.19. The van der Waals surface area contributed by atoms with E-state index < -0.39 is 5.60 Å². The Labute approximate surface area is 113 Å². The number of morpholine rings is 1. The summed E-state index contributed by atoms with van der Waals surface area (Å²) in [5.41, 5.74) is -0.00750. The van der Waals surface area contributed by atoms with Gasteiger partial charge >= 0.3 is 5.97 Å². The molecule has 1 saturated heterocycles. The molecule has 2 heterocycles. The second kappa shape index (κ2) is 5.57. The Balaban J connectivity index is 2.03. The molecule has 0 amide bonds. The van der Waals surface area contributed by atoms with Crippen LogP contribution in [0.15, 0.2) is 18.3 Å². The summed E-state index contributed by atoms with van der Waals surface area (Å²) in [6.07, 6.45) is 1.57. The Bertz CT molecular complexity index is 431. The molecule has 0 spiro atoms. The number of esters is 1. The number of nitrogens with zero attached hydrogens (tertiary/aromatic N) is 2. The smallest absolute Gasteiger partial charge is 0.340 e. The third-order valence-electron chi connectivity index (χ3n) is 2.72. The Morgan fingerprint density at radius 3 is 2.53 bits per heavy atom. The third kappa shape index (κ3) is 3.92. The average molecular weight is 264 g/mol. The van der Waals surface area contributed by atoms with Gasteiger partial charge in [0.25, 0.3) is 0 Å². The maximum absolute atomic E-state index is 11.9. The van der Waals surface area contributed by atoms with Crippen LogP contribution < -0.4 is 4.90 Å². The van der Waals surface area contributed by atoms with Crippen LogP contribution in [0.4, 0.5) is 5.82 Å². The first kappa shape index (κ1) is 13.8. The molecule has 2 rings (SSSR count). The second-order valence-corrected chi connectivity index (χ2v) is 5.51. The minimum atomic E-state index is -0.486. The summed E-state index contributed by atoms with van der Waals surface area (Å²) in [5.74, 6) is 0.532. The normalized spacial score (nSPS) is 16.3. The van der Waals surface area contributed by atoms with Crippen molar-refractivity contribution in [3.63, 3.8) is 0 Å². The van der Waals surface area contributed by atoms with Crippen molar-refractivity contribution in [1.82, 2.24) is 4.98 Å². The lowest BCUT2D eigenvalue weighted by atomic mass is 10.2. The van der Waals surface area contributed by atoms with Gasteiger partial charge in [-0.3, -0.25) is 0 Å². The van der Waals surface area contributed by atoms with Crippen molar-refractivity contribution in [2.75, 3.05) is 31.2 Å². The number of anilines is 1. The molecule has 0 radical (unpaired) electrons. The number of hydrogen-bond acceptors (Lipinski definition) is 5. The highest BCUT2D eigenvalue weighted by atomic mass is 16.6. The van der Waals surface area contributed by atoms with Gasteiger partial charge in [-0.25, -0.2) is 9.78 Å². The molecule has 0 aromatic carbocycles. The minimum Gasteiger partial charge on any atom is -0.456 e. The molecule has 0 bridgehead atoms. The fourth-order valence-electron chi connectivity index (χ4n) is 1.82. The van der Waals surface area contributed by atoms with E-state index in [9.17, 15) is 4.79 Å². The Morgan fingerprint density at radius 1 is 1.32 bits per heavy atom. The summed E-state index contributed by atoms with van der Waals surface area (Å²) in [5, 5.41) is 0. The second-order valence-electron chi connectivity index (χ2n) is 5.51.